The smallest absolute Gasteiger partial charge is 0.343 e. The summed E-state index contributed by atoms with van der Waals surface area (Å²) in [6.45, 7) is 0. The van der Waals surface area contributed by atoms with Crippen LogP contribution in [-0.2, 0) is 0 Å². The maximum atomic E-state index is 12.2. The third kappa shape index (κ3) is 6.57. The lowest BCUT2D eigenvalue weighted by atomic mass is 9.90. The summed E-state index contributed by atoms with van der Waals surface area (Å²) in [5.74, 6) is 1.66. The molecule has 3 aromatic carbocycles. The molecule has 0 atom stereocenters. The van der Waals surface area contributed by atoms with Gasteiger partial charge >= 0.3 is 11.9 Å². The van der Waals surface area contributed by atoms with E-state index in [9.17, 15) is 9.59 Å². The van der Waals surface area contributed by atoms with E-state index in [1.165, 1.54) is 25.7 Å². The van der Waals surface area contributed by atoms with Crippen LogP contribution in [0.15, 0.2) is 84.9 Å². The normalized spacial score (nSPS) is 15.9. The molecule has 0 N–H and O–H groups in total. The number of carbonyl (C=O) groups excluding carboxylic acids is 2. The van der Waals surface area contributed by atoms with Gasteiger partial charge in [-0.3, -0.25) is 0 Å². The van der Waals surface area contributed by atoms with Crippen LogP contribution in [0.25, 0.3) is 0 Å². The zero-order valence-electron chi connectivity index (χ0n) is 19.5. The van der Waals surface area contributed by atoms with Gasteiger partial charge in [0.15, 0.2) is 11.5 Å². The fourth-order valence-corrected chi connectivity index (χ4v) is 4.94. The lowest BCUT2D eigenvalue weighted by Gasteiger charge is -2.16. The van der Waals surface area contributed by atoms with Gasteiger partial charge in [-0.1, -0.05) is 99.9 Å². The number of benzene rings is 3. The first-order chi connectivity index (χ1) is 16.7. The van der Waals surface area contributed by atoms with Gasteiger partial charge in [0, 0.05) is 0 Å². The minimum Gasteiger partial charge on any atom is -0.419 e. The monoisotopic (exact) mass is 456 g/mol. The number of rotatable bonds is 5. The van der Waals surface area contributed by atoms with Gasteiger partial charge in [0.05, 0.1) is 11.1 Å². The molecule has 0 aliphatic heterocycles. The quantitative estimate of drug-likeness (QED) is 0.295. The predicted molar refractivity (Wildman–Crippen MR) is 133 cm³/mol. The maximum absolute atomic E-state index is 12.2. The third-order valence-electron chi connectivity index (χ3n) is 6.74. The fraction of sp³-hybridized carbons (Fsp3) is 0.333. The number of esters is 2. The molecule has 0 amide bonds. The lowest BCUT2D eigenvalue weighted by molar-refractivity contribution is 0.0682. The van der Waals surface area contributed by atoms with Crippen LogP contribution in [0.5, 0.6) is 11.5 Å². The predicted octanol–water partition coefficient (Wildman–Crippen LogP) is 7.49. The van der Waals surface area contributed by atoms with E-state index in [4.69, 9.17) is 9.47 Å². The van der Waals surface area contributed by atoms with Gasteiger partial charge in [0.2, 0.25) is 0 Å². The SMILES string of the molecule is C1CCC(C2CCCC2)C1.O=C(Oc1ccccc1OC(=O)c1ccccc1)c1ccccc1. The largest absolute Gasteiger partial charge is 0.419 e. The van der Waals surface area contributed by atoms with E-state index in [2.05, 4.69) is 0 Å². The summed E-state index contributed by atoms with van der Waals surface area (Å²) < 4.78 is 10.7. The highest BCUT2D eigenvalue weighted by atomic mass is 16.6. The fourth-order valence-electron chi connectivity index (χ4n) is 4.94. The summed E-state index contributed by atoms with van der Waals surface area (Å²) in [5.41, 5.74) is 0.836. The second kappa shape index (κ2) is 12.2. The molecular formula is C30H32O4. The topological polar surface area (TPSA) is 52.6 Å². The molecule has 0 spiro atoms. The summed E-state index contributed by atoms with van der Waals surface area (Å²) in [4.78, 5) is 24.3. The van der Waals surface area contributed by atoms with Crippen molar-refractivity contribution in [2.45, 2.75) is 51.4 Å². The van der Waals surface area contributed by atoms with Crippen molar-refractivity contribution in [2.24, 2.45) is 11.8 Å². The number of para-hydroxylation sites is 2. The summed E-state index contributed by atoms with van der Waals surface area (Å²) in [6, 6.07) is 23.8. The van der Waals surface area contributed by atoms with Crippen molar-refractivity contribution < 1.29 is 19.1 Å². The summed E-state index contributed by atoms with van der Waals surface area (Å²) >= 11 is 0. The van der Waals surface area contributed by atoms with Gasteiger partial charge in [-0.15, -0.1) is 0 Å². The first-order valence-electron chi connectivity index (χ1n) is 12.3. The Morgan fingerprint density at radius 2 is 0.824 bits per heavy atom. The molecule has 0 aromatic heterocycles. The van der Waals surface area contributed by atoms with E-state index in [-0.39, 0.29) is 11.5 Å². The Kier molecular flexibility index (Phi) is 8.50. The molecule has 0 radical (unpaired) electrons. The first-order valence-corrected chi connectivity index (χ1v) is 12.3. The van der Waals surface area contributed by atoms with Crippen molar-refractivity contribution in [1.29, 1.82) is 0 Å². The van der Waals surface area contributed by atoms with Crippen LogP contribution < -0.4 is 9.47 Å². The Hall–Kier alpha value is -3.40. The summed E-state index contributed by atoms with van der Waals surface area (Å²) in [7, 11) is 0. The molecular weight excluding hydrogens is 424 g/mol. The minimum absolute atomic E-state index is 0.190. The molecule has 176 valence electrons. The Bertz CT molecular complexity index is 963. The van der Waals surface area contributed by atoms with Crippen molar-refractivity contribution >= 4 is 11.9 Å². The molecule has 3 aromatic rings. The number of ether oxygens (including phenoxy) is 2. The van der Waals surface area contributed by atoms with E-state index in [1.807, 2.05) is 12.1 Å². The average Bonchev–Trinajstić information content (AvgIpc) is 3.61. The van der Waals surface area contributed by atoms with Crippen LogP contribution in [-0.4, -0.2) is 11.9 Å². The number of hydrogen-bond donors (Lipinski definition) is 0. The molecule has 0 unspecified atom stereocenters. The summed E-state index contributed by atoms with van der Waals surface area (Å²) in [6.07, 6.45) is 12.4. The molecule has 2 aliphatic rings. The highest BCUT2D eigenvalue weighted by Gasteiger charge is 2.26. The third-order valence-corrected chi connectivity index (χ3v) is 6.74. The van der Waals surface area contributed by atoms with Gasteiger partial charge in [0.1, 0.15) is 0 Å². The molecule has 4 heteroatoms. The molecule has 4 nitrogen and oxygen atoms in total. The van der Waals surface area contributed by atoms with Gasteiger partial charge < -0.3 is 9.47 Å². The molecule has 2 fully saturated rings. The zero-order valence-corrected chi connectivity index (χ0v) is 19.5. The molecule has 0 bridgehead atoms. The van der Waals surface area contributed by atoms with Crippen molar-refractivity contribution in [2.75, 3.05) is 0 Å². The summed E-state index contributed by atoms with van der Waals surface area (Å²) in [5, 5.41) is 0. The molecule has 2 aliphatic carbocycles. The molecule has 34 heavy (non-hydrogen) atoms. The van der Waals surface area contributed by atoms with Crippen LogP contribution >= 0.6 is 0 Å². The van der Waals surface area contributed by atoms with Crippen molar-refractivity contribution in [3.8, 4) is 11.5 Å². The first kappa shape index (κ1) is 23.7. The lowest BCUT2D eigenvalue weighted by Crippen LogP contribution is -2.12. The van der Waals surface area contributed by atoms with Crippen LogP contribution in [0.4, 0.5) is 0 Å². The van der Waals surface area contributed by atoms with Gasteiger partial charge in [-0.2, -0.15) is 0 Å². The van der Waals surface area contributed by atoms with E-state index in [0.717, 1.165) is 11.8 Å². The van der Waals surface area contributed by atoms with Crippen LogP contribution in [0.2, 0.25) is 0 Å². The number of hydrogen-bond acceptors (Lipinski definition) is 4. The molecule has 2 saturated carbocycles. The highest BCUT2D eigenvalue weighted by Crippen LogP contribution is 2.40. The Morgan fingerprint density at radius 3 is 1.18 bits per heavy atom. The van der Waals surface area contributed by atoms with E-state index >= 15 is 0 Å². The maximum Gasteiger partial charge on any atom is 0.343 e. The minimum atomic E-state index is -0.515. The van der Waals surface area contributed by atoms with Gasteiger partial charge in [-0.05, 0) is 48.2 Å². The van der Waals surface area contributed by atoms with Gasteiger partial charge in [-0.25, -0.2) is 9.59 Å². The van der Waals surface area contributed by atoms with Crippen molar-refractivity contribution in [1.82, 2.24) is 0 Å². The standard InChI is InChI=1S/C20H14O4.C10H18/c21-19(15-9-3-1-4-10-15)23-17-13-7-8-14-18(17)24-20(22)16-11-5-2-6-12-16;1-2-6-9(5-1)10-7-3-4-8-10/h1-14H;9-10H,1-8H2. The second-order valence-electron chi connectivity index (χ2n) is 9.05. The average molecular weight is 457 g/mol. The molecule has 5 rings (SSSR count). The van der Waals surface area contributed by atoms with E-state index < -0.39 is 11.9 Å². The van der Waals surface area contributed by atoms with E-state index in [1.54, 1.807) is 98.5 Å². The van der Waals surface area contributed by atoms with Crippen LogP contribution in [0.1, 0.15) is 72.1 Å². The number of carbonyl (C=O) groups is 2. The van der Waals surface area contributed by atoms with Crippen molar-refractivity contribution in [3.63, 3.8) is 0 Å². The van der Waals surface area contributed by atoms with E-state index in [0.29, 0.717) is 11.1 Å². The molecule has 0 saturated heterocycles. The zero-order chi connectivity index (χ0) is 23.6. The second-order valence-corrected chi connectivity index (χ2v) is 9.05. The van der Waals surface area contributed by atoms with Crippen molar-refractivity contribution in [3.05, 3.63) is 96.1 Å². The Balaban J connectivity index is 0.000000226. The Morgan fingerprint density at radius 1 is 0.500 bits per heavy atom. The highest BCUT2D eigenvalue weighted by molar-refractivity contribution is 5.93. The Labute approximate surface area is 201 Å². The van der Waals surface area contributed by atoms with Gasteiger partial charge in [0.25, 0.3) is 0 Å². The van der Waals surface area contributed by atoms with Crippen LogP contribution in [0.3, 0.4) is 0 Å². The van der Waals surface area contributed by atoms with Crippen LogP contribution in [0, 0.1) is 11.8 Å². The molecule has 0 heterocycles.